The summed E-state index contributed by atoms with van der Waals surface area (Å²) in [7, 11) is 0. The van der Waals surface area contributed by atoms with E-state index in [9.17, 15) is 14.0 Å². The second-order valence-electron chi connectivity index (χ2n) is 3.69. The summed E-state index contributed by atoms with van der Waals surface area (Å²) in [4.78, 5) is 28.6. The van der Waals surface area contributed by atoms with E-state index in [1.165, 1.54) is 6.07 Å². The molecule has 2 rings (SSSR count). The number of nitriles is 1. The van der Waals surface area contributed by atoms with Crippen LogP contribution in [0.1, 0.15) is 26.5 Å². The van der Waals surface area contributed by atoms with Crippen molar-refractivity contribution in [3.05, 3.63) is 47.3 Å². The lowest BCUT2D eigenvalue weighted by Gasteiger charge is -2.04. The van der Waals surface area contributed by atoms with Crippen molar-refractivity contribution in [2.45, 2.75) is 0 Å². The van der Waals surface area contributed by atoms with Crippen molar-refractivity contribution in [1.82, 2.24) is 9.97 Å². The Balaban J connectivity index is 2.26. The van der Waals surface area contributed by atoms with Gasteiger partial charge >= 0.3 is 5.97 Å². The first-order valence-electron chi connectivity index (χ1n) is 5.30. The molecule has 0 fully saturated rings. The Morgan fingerprint density at radius 3 is 2.85 bits per heavy atom. The number of aromatic amines is 1. The molecule has 0 radical (unpaired) electrons. The highest BCUT2D eigenvalue weighted by molar-refractivity contribution is 6.08. The Morgan fingerprint density at radius 1 is 1.45 bits per heavy atom. The number of imidazole rings is 1. The number of aromatic nitrogens is 2. The van der Waals surface area contributed by atoms with Crippen molar-refractivity contribution in [3.63, 3.8) is 0 Å². The predicted octanol–water partition coefficient (Wildman–Crippen LogP) is 1.37. The number of nitrogens with one attached hydrogen (secondary N) is 2. The number of carbonyl (C=O) groups excluding carboxylic acids is 1. The summed E-state index contributed by atoms with van der Waals surface area (Å²) in [5.41, 5.74) is -0.735. The smallest absolute Gasteiger partial charge is 0.354 e. The lowest BCUT2D eigenvalue weighted by atomic mass is 10.2. The number of hydrogen-bond acceptors (Lipinski definition) is 4. The van der Waals surface area contributed by atoms with Gasteiger partial charge in [0.05, 0.1) is 11.9 Å². The largest absolute Gasteiger partial charge is 0.477 e. The minimum absolute atomic E-state index is 0.160. The van der Waals surface area contributed by atoms with Gasteiger partial charge in [0.25, 0.3) is 5.91 Å². The first-order valence-corrected chi connectivity index (χ1v) is 5.30. The molecule has 3 N–H and O–H groups in total. The summed E-state index contributed by atoms with van der Waals surface area (Å²) in [5.74, 6) is -2.82. The van der Waals surface area contributed by atoms with Crippen LogP contribution < -0.4 is 5.32 Å². The summed E-state index contributed by atoms with van der Waals surface area (Å²) in [6, 6.07) is 5.05. The Hall–Kier alpha value is -3.21. The highest BCUT2D eigenvalue weighted by Crippen LogP contribution is 2.15. The molecule has 0 atom stereocenters. The van der Waals surface area contributed by atoms with E-state index in [-0.39, 0.29) is 22.6 Å². The fourth-order valence-corrected chi connectivity index (χ4v) is 1.51. The second kappa shape index (κ2) is 5.19. The topological polar surface area (TPSA) is 119 Å². The fraction of sp³-hybridized carbons (Fsp3) is 0. The number of rotatable bonds is 3. The molecule has 0 unspecified atom stereocenters. The van der Waals surface area contributed by atoms with Gasteiger partial charge < -0.3 is 15.4 Å². The highest BCUT2D eigenvalue weighted by Gasteiger charge is 2.19. The highest BCUT2D eigenvalue weighted by atomic mass is 19.1. The zero-order valence-corrected chi connectivity index (χ0v) is 9.85. The third-order valence-electron chi connectivity index (χ3n) is 2.41. The third-order valence-corrected chi connectivity index (χ3v) is 2.41. The zero-order chi connectivity index (χ0) is 14.7. The van der Waals surface area contributed by atoms with E-state index in [1.807, 2.05) is 0 Å². The summed E-state index contributed by atoms with van der Waals surface area (Å²) in [5, 5.41) is 19.9. The van der Waals surface area contributed by atoms with E-state index >= 15 is 0 Å². The van der Waals surface area contributed by atoms with E-state index < -0.39 is 17.7 Å². The van der Waals surface area contributed by atoms with Gasteiger partial charge in [-0.05, 0) is 18.2 Å². The molecule has 20 heavy (non-hydrogen) atoms. The Labute approximate surface area is 111 Å². The number of amides is 1. The average molecular weight is 274 g/mol. The molecule has 0 bridgehead atoms. The summed E-state index contributed by atoms with van der Waals surface area (Å²) in [6.45, 7) is 0. The van der Waals surface area contributed by atoms with Crippen LogP contribution in [-0.4, -0.2) is 27.0 Å². The van der Waals surface area contributed by atoms with Crippen LogP contribution in [0.4, 0.5) is 10.1 Å². The maximum Gasteiger partial charge on any atom is 0.354 e. The van der Waals surface area contributed by atoms with Gasteiger partial charge in [-0.1, -0.05) is 0 Å². The first-order chi connectivity index (χ1) is 9.52. The standard InChI is InChI=1S/C12H7FN4O3/c13-8-2-1-7(3-6(8)4-14)17-11(18)9-10(12(19)20)16-5-15-9/h1-3,5H,(H,15,16)(H,17,18)(H,19,20). The van der Waals surface area contributed by atoms with Crippen LogP contribution in [0.3, 0.4) is 0 Å². The van der Waals surface area contributed by atoms with E-state index in [1.54, 1.807) is 6.07 Å². The molecule has 100 valence electrons. The number of carbonyl (C=O) groups is 2. The van der Waals surface area contributed by atoms with Crippen LogP contribution >= 0.6 is 0 Å². The molecule has 1 amide bonds. The molecule has 2 aromatic rings. The molecule has 7 nitrogen and oxygen atoms in total. The van der Waals surface area contributed by atoms with E-state index in [0.29, 0.717) is 0 Å². The maximum atomic E-state index is 13.1. The summed E-state index contributed by atoms with van der Waals surface area (Å²) in [6.07, 6.45) is 1.07. The van der Waals surface area contributed by atoms with Crippen molar-refractivity contribution in [2.75, 3.05) is 5.32 Å². The molecule has 0 aliphatic heterocycles. The molecule has 0 aliphatic rings. The van der Waals surface area contributed by atoms with Crippen LogP contribution in [0.5, 0.6) is 0 Å². The number of nitrogens with zero attached hydrogens (tertiary/aromatic N) is 2. The number of halogens is 1. The molecular formula is C12H7FN4O3. The van der Waals surface area contributed by atoms with Crippen molar-refractivity contribution in [1.29, 1.82) is 5.26 Å². The molecule has 1 heterocycles. The summed E-state index contributed by atoms with van der Waals surface area (Å²) >= 11 is 0. The minimum atomic E-state index is -1.33. The number of H-pyrrole nitrogens is 1. The fourth-order valence-electron chi connectivity index (χ4n) is 1.51. The van der Waals surface area contributed by atoms with Crippen LogP contribution in [0, 0.1) is 17.1 Å². The van der Waals surface area contributed by atoms with E-state index in [2.05, 4.69) is 15.3 Å². The van der Waals surface area contributed by atoms with Gasteiger partial charge in [-0.15, -0.1) is 0 Å². The molecule has 0 aliphatic carbocycles. The average Bonchev–Trinajstić information content (AvgIpc) is 2.90. The van der Waals surface area contributed by atoms with Crippen LogP contribution in [0.15, 0.2) is 24.5 Å². The molecule has 0 saturated carbocycles. The number of carboxylic acid groups (broad SMARTS) is 1. The molecule has 8 heteroatoms. The molecule has 1 aromatic heterocycles. The van der Waals surface area contributed by atoms with E-state index in [4.69, 9.17) is 10.4 Å². The SMILES string of the molecule is N#Cc1cc(NC(=O)c2nc[nH]c2C(=O)O)ccc1F. The monoisotopic (exact) mass is 274 g/mol. The predicted molar refractivity (Wildman–Crippen MR) is 64.6 cm³/mol. The third kappa shape index (κ3) is 2.46. The van der Waals surface area contributed by atoms with Gasteiger partial charge in [0.1, 0.15) is 11.9 Å². The maximum absolute atomic E-state index is 13.1. The van der Waals surface area contributed by atoms with Gasteiger partial charge in [0, 0.05) is 5.69 Å². The number of benzene rings is 1. The van der Waals surface area contributed by atoms with Crippen LogP contribution in [0.2, 0.25) is 0 Å². The number of carboxylic acids is 1. The minimum Gasteiger partial charge on any atom is -0.477 e. The summed E-state index contributed by atoms with van der Waals surface area (Å²) < 4.78 is 13.1. The lowest BCUT2D eigenvalue weighted by Crippen LogP contribution is -2.16. The molecule has 0 saturated heterocycles. The lowest BCUT2D eigenvalue weighted by molar-refractivity contribution is 0.0686. The Morgan fingerprint density at radius 2 is 2.20 bits per heavy atom. The van der Waals surface area contributed by atoms with Gasteiger partial charge in [-0.3, -0.25) is 4.79 Å². The quantitative estimate of drug-likeness (QED) is 0.781. The Bertz CT molecular complexity index is 733. The molecule has 1 aromatic carbocycles. The van der Waals surface area contributed by atoms with Crippen molar-refractivity contribution >= 4 is 17.6 Å². The van der Waals surface area contributed by atoms with Crippen molar-refractivity contribution in [2.24, 2.45) is 0 Å². The van der Waals surface area contributed by atoms with Gasteiger partial charge in [-0.25, -0.2) is 14.2 Å². The van der Waals surface area contributed by atoms with Crippen LogP contribution in [-0.2, 0) is 0 Å². The number of aromatic carboxylic acids is 1. The molecule has 0 spiro atoms. The first kappa shape index (κ1) is 13.2. The van der Waals surface area contributed by atoms with Gasteiger partial charge in [-0.2, -0.15) is 5.26 Å². The zero-order valence-electron chi connectivity index (χ0n) is 9.85. The van der Waals surface area contributed by atoms with Crippen molar-refractivity contribution in [3.8, 4) is 6.07 Å². The number of anilines is 1. The number of hydrogen-bond donors (Lipinski definition) is 3. The van der Waals surface area contributed by atoms with E-state index in [0.717, 1.165) is 18.5 Å². The van der Waals surface area contributed by atoms with Crippen LogP contribution in [0.25, 0.3) is 0 Å². The van der Waals surface area contributed by atoms with Gasteiger partial charge in [0.15, 0.2) is 11.4 Å². The van der Waals surface area contributed by atoms with Crippen molar-refractivity contribution < 1.29 is 19.1 Å². The Kier molecular flexibility index (Phi) is 3.43. The van der Waals surface area contributed by atoms with Gasteiger partial charge in [0.2, 0.25) is 0 Å². The normalized spacial score (nSPS) is 9.80. The second-order valence-corrected chi connectivity index (χ2v) is 3.69. The molecular weight excluding hydrogens is 267 g/mol.